The van der Waals surface area contributed by atoms with Crippen LogP contribution in [0.4, 0.5) is 0 Å². The molecular formula is C16H26N2O. The number of aliphatic hydroxyl groups excluding tert-OH is 1. The Balaban J connectivity index is 2.02. The summed E-state index contributed by atoms with van der Waals surface area (Å²) in [6.45, 7) is 6.92. The predicted octanol–water partition coefficient (Wildman–Crippen LogP) is 1.82. The molecule has 1 saturated heterocycles. The first-order chi connectivity index (χ1) is 9.19. The van der Waals surface area contributed by atoms with E-state index in [1.165, 1.54) is 5.56 Å². The number of hydrogen-bond donors (Lipinski definition) is 1. The third-order valence-corrected chi connectivity index (χ3v) is 3.97. The summed E-state index contributed by atoms with van der Waals surface area (Å²) in [7, 11) is 2.18. The zero-order valence-corrected chi connectivity index (χ0v) is 12.1. The minimum atomic E-state index is 0.280. The van der Waals surface area contributed by atoms with Crippen molar-refractivity contribution in [2.24, 2.45) is 5.92 Å². The van der Waals surface area contributed by atoms with Crippen molar-refractivity contribution in [2.45, 2.75) is 25.9 Å². The van der Waals surface area contributed by atoms with Crippen molar-refractivity contribution in [3.8, 4) is 0 Å². The van der Waals surface area contributed by atoms with Gasteiger partial charge in [0.15, 0.2) is 0 Å². The molecule has 0 aromatic heterocycles. The van der Waals surface area contributed by atoms with Gasteiger partial charge in [-0.1, -0.05) is 37.3 Å². The summed E-state index contributed by atoms with van der Waals surface area (Å²) in [5.74, 6) is 0.678. The van der Waals surface area contributed by atoms with E-state index in [0.717, 1.165) is 32.6 Å². The normalized spacial score (nSPS) is 26.3. The van der Waals surface area contributed by atoms with Crippen molar-refractivity contribution < 1.29 is 5.11 Å². The van der Waals surface area contributed by atoms with Crippen molar-refractivity contribution in [1.29, 1.82) is 0 Å². The highest BCUT2D eigenvalue weighted by atomic mass is 16.3. The largest absolute Gasteiger partial charge is 0.396 e. The zero-order valence-electron chi connectivity index (χ0n) is 12.1. The Morgan fingerprint density at radius 2 is 1.89 bits per heavy atom. The number of aliphatic hydroxyl groups is 1. The fourth-order valence-electron chi connectivity index (χ4n) is 3.08. The first-order valence-corrected chi connectivity index (χ1v) is 7.26. The van der Waals surface area contributed by atoms with Gasteiger partial charge in [-0.2, -0.15) is 0 Å². The van der Waals surface area contributed by atoms with E-state index in [-0.39, 0.29) is 6.61 Å². The first-order valence-electron chi connectivity index (χ1n) is 7.26. The minimum absolute atomic E-state index is 0.280. The van der Waals surface area contributed by atoms with Gasteiger partial charge < -0.3 is 10.0 Å². The third-order valence-electron chi connectivity index (χ3n) is 3.97. The topological polar surface area (TPSA) is 26.7 Å². The van der Waals surface area contributed by atoms with Crippen LogP contribution in [0, 0.1) is 5.92 Å². The van der Waals surface area contributed by atoms with Gasteiger partial charge in [-0.25, -0.2) is 0 Å². The van der Waals surface area contributed by atoms with E-state index in [1.807, 2.05) is 0 Å². The Bertz CT molecular complexity index is 368. The Morgan fingerprint density at radius 3 is 2.58 bits per heavy atom. The molecule has 0 aliphatic carbocycles. The van der Waals surface area contributed by atoms with E-state index in [4.69, 9.17) is 0 Å². The number of nitrogens with zero attached hydrogens (tertiary/aromatic N) is 2. The number of hydrogen-bond acceptors (Lipinski definition) is 3. The number of benzene rings is 1. The maximum absolute atomic E-state index is 9.22. The molecule has 106 valence electrons. The van der Waals surface area contributed by atoms with Gasteiger partial charge in [-0.05, 0) is 24.9 Å². The second kappa shape index (κ2) is 7.04. The minimum Gasteiger partial charge on any atom is -0.396 e. The van der Waals surface area contributed by atoms with Crippen LogP contribution in [0.1, 0.15) is 18.9 Å². The molecule has 3 nitrogen and oxygen atoms in total. The predicted molar refractivity (Wildman–Crippen MR) is 79.0 cm³/mol. The molecule has 0 saturated carbocycles. The van der Waals surface area contributed by atoms with Gasteiger partial charge in [0, 0.05) is 38.8 Å². The molecule has 1 aromatic rings. The van der Waals surface area contributed by atoms with Gasteiger partial charge in [-0.3, -0.25) is 4.90 Å². The van der Waals surface area contributed by atoms with Crippen LogP contribution in [-0.4, -0.2) is 54.2 Å². The fourth-order valence-corrected chi connectivity index (χ4v) is 3.08. The Morgan fingerprint density at radius 1 is 1.16 bits per heavy atom. The molecule has 1 aromatic carbocycles. The molecule has 2 atom stereocenters. The maximum atomic E-state index is 9.22. The van der Waals surface area contributed by atoms with Crippen molar-refractivity contribution in [3.05, 3.63) is 35.9 Å². The van der Waals surface area contributed by atoms with Crippen LogP contribution in [0.15, 0.2) is 30.3 Å². The van der Waals surface area contributed by atoms with Crippen molar-refractivity contribution >= 4 is 0 Å². The zero-order chi connectivity index (χ0) is 13.7. The average Bonchev–Trinajstić information content (AvgIpc) is 2.50. The average molecular weight is 262 g/mol. The molecule has 1 aliphatic rings. The van der Waals surface area contributed by atoms with E-state index < -0.39 is 0 Å². The third kappa shape index (κ3) is 4.30. The lowest BCUT2D eigenvalue weighted by molar-refractivity contribution is 0.162. The van der Waals surface area contributed by atoms with Crippen LogP contribution in [0.25, 0.3) is 0 Å². The van der Waals surface area contributed by atoms with Crippen LogP contribution in [0.3, 0.4) is 0 Å². The Hall–Kier alpha value is -0.900. The molecule has 1 heterocycles. The van der Waals surface area contributed by atoms with Gasteiger partial charge in [0.1, 0.15) is 0 Å². The van der Waals surface area contributed by atoms with Crippen LogP contribution in [0.2, 0.25) is 0 Å². The molecule has 0 radical (unpaired) electrons. The molecular weight excluding hydrogens is 236 g/mol. The highest BCUT2D eigenvalue weighted by molar-refractivity contribution is 5.14. The smallest absolute Gasteiger partial charge is 0.0446 e. The molecule has 1 fully saturated rings. The van der Waals surface area contributed by atoms with Gasteiger partial charge in [0.05, 0.1) is 0 Å². The molecule has 0 amide bonds. The van der Waals surface area contributed by atoms with Crippen LogP contribution in [-0.2, 0) is 6.54 Å². The SMILES string of the molecule is CC1CN(Cc2ccccc2)CC(CCO)N(C)C1. The summed E-state index contributed by atoms with van der Waals surface area (Å²) >= 11 is 0. The van der Waals surface area contributed by atoms with E-state index in [1.54, 1.807) is 0 Å². The summed E-state index contributed by atoms with van der Waals surface area (Å²) in [5.41, 5.74) is 1.38. The summed E-state index contributed by atoms with van der Waals surface area (Å²) in [5, 5.41) is 9.22. The molecule has 3 heteroatoms. The maximum Gasteiger partial charge on any atom is 0.0446 e. The summed E-state index contributed by atoms with van der Waals surface area (Å²) in [6, 6.07) is 11.1. The van der Waals surface area contributed by atoms with Crippen molar-refractivity contribution in [2.75, 3.05) is 33.3 Å². The molecule has 1 N–H and O–H groups in total. The van der Waals surface area contributed by atoms with Gasteiger partial charge in [0.25, 0.3) is 0 Å². The lowest BCUT2D eigenvalue weighted by atomic mass is 10.1. The molecule has 0 bridgehead atoms. The number of likely N-dealkylation sites (N-methyl/N-ethyl adjacent to an activating group) is 1. The molecule has 2 rings (SSSR count). The van der Waals surface area contributed by atoms with Crippen LogP contribution < -0.4 is 0 Å². The van der Waals surface area contributed by atoms with E-state index >= 15 is 0 Å². The Kier molecular flexibility index (Phi) is 5.37. The van der Waals surface area contributed by atoms with E-state index in [2.05, 4.69) is 54.1 Å². The van der Waals surface area contributed by atoms with Crippen molar-refractivity contribution in [1.82, 2.24) is 9.80 Å². The summed E-state index contributed by atoms with van der Waals surface area (Å²) < 4.78 is 0. The second-order valence-electron chi connectivity index (χ2n) is 5.89. The fraction of sp³-hybridized carbons (Fsp3) is 0.625. The molecule has 19 heavy (non-hydrogen) atoms. The van der Waals surface area contributed by atoms with Gasteiger partial charge >= 0.3 is 0 Å². The van der Waals surface area contributed by atoms with Crippen LogP contribution >= 0.6 is 0 Å². The van der Waals surface area contributed by atoms with Crippen molar-refractivity contribution in [3.63, 3.8) is 0 Å². The highest BCUT2D eigenvalue weighted by Crippen LogP contribution is 2.17. The molecule has 2 unspecified atom stereocenters. The van der Waals surface area contributed by atoms with Crippen LogP contribution in [0.5, 0.6) is 0 Å². The monoisotopic (exact) mass is 262 g/mol. The van der Waals surface area contributed by atoms with Gasteiger partial charge in [0.2, 0.25) is 0 Å². The lowest BCUT2D eigenvalue weighted by Crippen LogP contribution is -2.39. The standard InChI is InChI=1S/C16H26N2O/c1-14-10-17(2)16(8-9-19)13-18(11-14)12-15-6-4-3-5-7-15/h3-7,14,16,19H,8-13H2,1-2H3. The highest BCUT2D eigenvalue weighted by Gasteiger charge is 2.25. The summed E-state index contributed by atoms with van der Waals surface area (Å²) in [4.78, 5) is 4.94. The number of rotatable bonds is 4. The van der Waals surface area contributed by atoms with Gasteiger partial charge in [-0.15, -0.1) is 0 Å². The second-order valence-corrected chi connectivity index (χ2v) is 5.89. The van der Waals surface area contributed by atoms with E-state index in [0.29, 0.717) is 12.0 Å². The molecule has 0 spiro atoms. The summed E-state index contributed by atoms with van der Waals surface area (Å²) in [6.07, 6.45) is 0.870. The first kappa shape index (κ1) is 14.5. The Labute approximate surface area is 116 Å². The molecule has 1 aliphatic heterocycles. The van der Waals surface area contributed by atoms with E-state index in [9.17, 15) is 5.11 Å². The quantitative estimate of drug-likeness (QED) is 0.896. The lowest BCUT2D eigenvalue weighted by Gasteiger charge is -2.28.